The highest BCUT2D eigenvalue weighted by Gasteiger charge is 2.40. The van der Waals surface area contributed by atoms with Gasteiger partial charge in [-0.1, -0.05) is 6.42 Å². The lowest BCUT2D eigenvalue weighted by Crippen LogP contribution is -2.41. The van der Waals surface area contributed by atoms with E-state index in [0.29, 0.717) is 17.8 Å². The van der Waals surface area contributed by atoms with Crippen molar-refractivity contribution in [2.24, 2.45) is 11.8 Å². The molecule has 0 aliphatic heterocycles. The Morgan fingerprint density at radius 2 is 2.30 bits per heavy atom. The van der Waals surface area contributed by atoms with Crippen LogP contribution in [0.5, 0.6) is 0 Å². The van der Waals surface area contributed by atoms with Crippen LogP contribution < -0.4 is 10.6 Å². The first kappa shape index (κ1) is 11.7. The third-order valence-electron chi connectivity index (χ3n) is 4.56. The second-order valence-corrected chi connectivity index (χ2v) is 5.85. The molecule has 2 aromatic rings. The molecule has 2 aromatic heterocycles. The van der Waals surface area contributed by atoms with Gasteiger partial charge in [0, 0.05) is 12.2 Å². The molecule has 2 amide bonds. The summed E-state index contributed by atoms with van der Waals surface area (Å²) in [6.07, 6.45) is 8.34. The van der Waals surface area contributed by atoms with Crippen LogP contribution in [-0.4, -0.2) is 27.0 Å². The Hall–Kier alpha value is -2.11. The lowest BCUT2D eigenvalue weighted by atomic mass is 9.95. The molecule has 2 saturated carbocycles. The first-order chi connectivity index (χ1) is 9.78. The summed E-state index contributed by atoms with van der Waals surface area (Å²) in [5, 5.41) is 5.85. The monoisotopic (exact) mass is 271 g/mol. The van der Waals surface area contributed by atoms with Crippen molar-refractivity contribution >= 4 is 23.0 Å². The Morgan fingerprint density at radius 3 is 3.10 bits per heavy atom. The van der Waals surface area contributed by atoms with E-state index in [1.54, 1.807) is 12.4 Å². The van der Waals surface area contributed by atoms with Crippen molar-refractivity contribution in [2.75, 3.05) is 5.32 Å². The highest BCUT2D eigenvalue weighted by molar-refractivity contribution is 5.89. The minimum absolute atomic E-state index is 0.174. The molecule has 0 unspecified atom stereocenters. The molecule has 2 aliphatic carbocycles. The van der Waals surface area contributed by atoms with Crippen molar-refractivity contribution in [3.8, 4) is 0 Å². The average molecular weight is 271 g/mol. The number of H-pyrrole nitrogens is 1. The van der Waals surface area contributed by atoms with Gasteiger partial charge >= 0.3 is 6.03 Å². The molecule has 20 heavy (non-hydrogen) atoms. The minimum atomic E-state index is -0.174. The van der Waals surface area contributed by atoms with Gasteiger partial charge in [-0.05, 0) is 37.2 Å². The van der Waals surface area contributed by atoms with Crippen molar-refractivity contribution in [3.05, 3.63) is 18.5 Å². The lowest BCUT2D eigenvalue weighted by Gasteiger charge is -2.22. The molecule has 6 nitrogen and oxygen atoms in total. The number of rotatable bonds is 2. The summed E-state index contributed by atoms with van der Waals surface area (Å²) in [5.41, 5.74) is 1.48. The van der Waals surface area contributed by atoms with Gasteiger partial charge in [0.15, 0.2) is 11.5 Å². The second kappa shape index (κ2) is 4.47. The van der Waals surface area contributed by atoms with Gasteiger partial charge in [0.2, 0.25) is 0 Å². The van der Waals surface area contributed by atoms with Gasteiger partial charge in [0.05, 0.1) is 6.20 Å². The van der Waals surface area contributed by atoms with Crippen molar-refractivity contribution in [1.29, 1.82) is 0 Å². The maximum Gasteiger partial charge on any atom is 0.320 e. The fraction of sp³-hybridized carbons (Fsp3) is 0.500. The van der Waals surface area contributed by atoms with Crippen LogP contribution in [0.2, 0.25) is 0 Å². The van der Waals surface area contributed by atoms with Gasteiger partial charge in [-0.3, -0.25) is 5.32 Å². The summed E-state index contributed by atoms with van der Waals surface area (Å²) in [4.78, 5) is 23.5. The van der Waals surface area contributed by atoms with Gasteiger partial charge in [0.1, 0.15) is 5.52 Å². The number of urea groups is 1. The van der Waals surface area contributed by atoms with Crippen molar-refractivity contribution < 1.29 is 4.79 Å². The first-order valence-electron chi connectivity index (χ1n) is 7.15. The van der Waals surface area contributed by atoms with E-state index in [9.17, 15) is 4.79 Å². The molecule has 0 aromatic carbocycles. The Morgan fingerprint density at radius 1 is 1.35 bits per heavy atom. The van der Waals surface area contributed by atoms with Crippen LogP contribution in [0.25, 0.3) is 11.2 Å². The molecule has 4 rings (SSSR count). The summed E-state index contributed by atoms with van der Waals surface area (Å²) in [7, 11) is 0. The predicted octanol–water partition coefficient (Wildman–Crippen LogP) is 2.27. The summed E-state index contributed by atoms with van der Waals surface area (Å²) < 4.78 is 0. The van der Waals surface area contributed by atoms with Crippen LogP contribution in [-0.2, 0) is 0 Å². The van der Waals surface area contributed by atoms with Crippen LogP contribution in [0.3, 0.4) is 0 Å². The summed E-state index contributed by atoms with van der Waals surface area (Å²) in [6, 6.07) is 1.99. The number of amides is 2. The van der Waals surface area contributed by atoms with E-state index in [2.05, 4.69) is 25.6 Å². The second-order valence-electron chi connectivity index (χ2n) is 5.85. The topological polar surface area (TPSA) is 82.7 Å². The molecule has 3 N–H and O–H groups in total. The number of aromatic nitrogens is 3. The van der Waals surface area contributed by atoms with E-state index < -0.39 is 0 Å². The number of carbonyl (C=O) groups is 1. The number of hydrogen-bond acceptors (Lipinski definition) is 3. The number of fused-ring (bicyclic) bond motifs is 3. The Kier molecular flexibility index (Phi) is 2.61. The first-order valence-corrected chi connectivity index (χ1v) is 7.15. The third-order valence-corrected chi connectivity index (χ3v) is 4.56. The van der Waals surface area contributed by atoms with Crippen LogP contribution in [0.1, 0.15) is 25.7 Å². The van der Waals surface area contributed by atoms with Crippen LogP contribution in [0.15, 0.2) is 18.5 Å². The molecule has 0 spiro atoms. The maximum absolute atomic E-state index is 12.0. The number of aromatic amines is 1. The average Bonchev–Trinajstić information content (AvgIpc) is 3.13. The lowest BCUT2D eigenvalue weighted by molar-refractivity contribution is 0.242. The van der Waals surface area contributed by atoms with E-state index >= 15 is 0 Å². The molecule has 6 heteroatoms. The Labute approximate surface area is 116 Å². The fourth-order valence-electron chi connectivity index (χ4n) is 3.63. The molecule has 2 aliphatic rings. The summed E-state index contributed by atoms with van der Waals surface area (Å²) >= 11 is 0. The summed E-state index contributed by atoms with van der Waals surface area (Å²) in [5.74, 6) is 1.98. The SMILES string of the molecule is O=C(Nc1cnc2[nH]ccc2n1)N[C@@H]1C[C@H]2CC[C@@H]1C2. The van der Waals surface area contributed by atoms with E-state index in [4.69, 9.17) is 0 Å². The van der Waals surface area contributed by atoms with Gasteiger partial charge in [-0.25, -0.2) is 14.8 Å². The number of anilines is 1. The van der Waals surface area contributed by atoms with E-state index in [-0.39, 0.29) is 6.03 Å². The molecule has 2 fully saturated rings. The van der Waals surface area contributed by atoms with Crippen LogP contribution in [0, 0.1) is 11.8 Å². The normalized spacial score (nSPS) is 27.9. The van der Waals surface area contributed by atoms with Gasteiger partial charge < -0.3 is 10.3 Å². The number of carbonyl (C=O) groups excluding carboxylic acids is 1. The molecular formula is C14H17N5O. The van der Waals surface area contributed by atoms with E-state index in [0.717, 1.165) is 23.5 Å². The number of nitrogens with zero attached hydrogens (tertiary/aromatic N) is 2. The standard InChI is InChI=1S/C14H17N5O/c20-14(18-11-6-8-1-2-9(11)5-8)19-12-7-16-13-10(17-12)3-4-15-13/h3-4,7-9,11H,1-2,5-6H2,(H,15,16)(H2,17,18,19,20)/t8-,9+,11+/m0/s1. The Balaban J connectivity index is 1.41. The maximum atomic E-state index is 12.0. The third kappa shape index (κ3) is 2.01. The van der Waals surface area contributed by atoms with Crippen molar-refractivity contribution in [3.63, 3.8) is 0 Å². The molecule has 104 valence electrons. The molecular weight excluding hydrogens is 254 g/mol. The van der Waals surface area contributed by atoms with Crippen molar-refractivity contribution in [1.82, 2.24) is 20.3 Å². The van der Waals surface area contributed by atoms with Crippen LogP contribution in [0.4, 0.5) is 10.6 Å². The smallest absolute Gasteiger partial charge is 0.320 e. The minimum Gasteiger partial charge on any atom is -0.345 e. The predicted molar refractivity (Wildman–Crippen MR) is 75.3 cm³/mol. The largest absolute Gasteiger partial charge is 0.345 e. The quantitative estimate of drug-likeness (QED) is 0.783. The van der Waals surface area contributed by atoms with Gasteiger partial charge in [-0.15, -0.1) is 0 Å². The van der Waals surface area contributed by atoms with Crippen LogP contribution >= 0.6 is 0 Å². The van der Waals surface area contributed by atoms with E-state index in [1.807, 2.05) is 6.07 Å². The highest BCUT2D eigenvalue weighted by atomic mass is 16.2. The molecule has 2 heterocycles. The Bertz CT molecular complexity index is 652. The van der Waals surface area contributed by atoms with E-state index in [1.165, 1.54) is 19.3 Å². The highest BCUT2D eigenvalue weighted by Crippen LogP contribution is 2.44. The zero-order chi connectivity index (χ0) is 13.5. The molecule has 2 bridgehead atoms. The summed E-state index contributed by atoms with van der Waals surface area (Å²) in [6.45, 7) is 0. The zero-order valence-corrected chi connectivity index (χ0v) is 11.1. The van der Waals surface area contributed by atoms with Gasteiger partial charge in [0.25, 0.3) is 0 Å². The number of nitrogens with one attached hydrogen (secondary N) is 3. The fourth-order valence-corrected chi connectivity index (χ4v) is 3.63. The molecule has 0 radical (unpaired) electrons. The zero-order valence-electron chi connectivity index (χ0n) is 11.1. The number of hydrogen-bond donors (Lipinski definition) is 3. The molecule has 3 atom stereocenters. The van der Waals surface area contributed by atoms with Gasteiger partial charge in [-0.2, -0.15) is 0 Å². The molecule has 0 saturated heterocycles. The van der Waals surface area contributed by atoms with Crippen molar-refractivity contribution in [2.45, 2.75) is 31.7 Å².